The van der Waals surface area contributed by atoms with E-state index in [0.717, 1.165) is 4.90 Å². The molecule has 1 saturated carbocycles. The summed E-state index contributed by atoms with van der Waals surface area (Å²) in [5.41, 5.74) is -1.56. The van der Waals surface area contributed by atoms with E-state index in [1.165, 1.54) is 20.8 Å². The van der Waals surface area contributed by atoms with Crippen LogP contribution in [0, 0.1) is 0 Å². The minimum atomic E-state index is -1.56. The zero-order valence-corrected chi connectivity index (χ0v) is 16.6. The molecule has 6 atom stereocenters. The van der Waals surface area contributed by atoms with Crippen molar-refractivity contribution in [1.29, 1.82) is 0 Å². The molecule has 1 spiro atoms. The van der Waals surface area contributed by atoms with Gasteiger partial charge in [-0.2, -0.15) is 0 Å². The van der Waals surface area contributed by atoms with Crippen molar-refractivity contribution in [2.24, 2.45) is 0 Å². The summed E-state index contributed by atoms with van der Waals surface area (Å²) in [4.78, 5) is 61.6. The molecule has 3 rings (SSSR count). The van der Waals surface area contributed by atoms with Gasteiger partial charge in [-0.15, -0.1) is 0 Å². The van der Waals surface area contributed by atoms with Crippen molar-refractivity contribution >= 4 is 29.9 Å². The third-order valence-corrected chi connectivity index (χ3v) is 5.38. The minimum Gasteiger partial charge on any atom is -0.465 e. The lowest BCUT2D eigenvalue weighted by atomic mass is 9.67. The molecule has 0 aromatic rings. The van der Waals surface area contributed by atoms with Crippen LogP contribution in [0.5, 0.6) is 0 Å². The summed E-state index contributed by atoms with van der Waals surface area (Å²) in [5.74, 6) is -2.44. The van der Waals surface area contributed by atoms with E-state index < -0.39 is 65.8 Å². The fourth-order valence-electron chi connectivity index (χ4n) is 4.64. The Morgan fingerprint density at radius 2 is 1.83 bits per heavy atom. The van der Waals surface area contributed by atoms with Gasteiger partial charge < -0.3 is 18.9 Å². The Labute approximate surface area is 166 Å². The summed E-state index contributed by atoms with van der Waals surface area (Å²) in [6.45, 7) is 5.36. The van der Waals surface area contributed by atoms with E-state index in [-0.39, 0.29) is 19.4 Å². The molecule has 0 radical (unpaired) electrons. The molecule has 2 saturated heterocycles. The molecule has 0 aromatic heterocycles. The highest BCUT2D eigenvalue weighted by Gasteiger charge is 2.72. The fraction of sp³-hybridized carbons (Fsp3) is 0.722. The molecule has 0 aromatic carbocycles. The number of amides is 2. The molecule has 0 unspecified atom stereocenters. The SMILES string of the molecule is CCOC(=O)[C@@H]1N[C@@H]2C[C@@H](OC(C)=O)C[C@@]3(OC(=O)N(C(C)=O)[C@@H]13)[C@H]2OC(C)=O. The van der Waals surface area contributed by atoms with Gasteiger partial charge in [0.25, 0.3) is 0 Å². The molecule has 2 aliphatic heterocycles. The van der Waals surface area contributed by atoms with Crippen LogP contribution in [-0.4, -0.2) is 77.3 Å². The number of nitrogens with zero attached hydrogens (tertiary/aromatic N) is 1. The topological polar surface area (TPSA) is 138 Å². The van der Waals surface area contributed by atoms with Crippen molar-refractivity contribution in [3.63, 3.8) is 0 Å². The summed E-state index contributed by atoms with van der Waals surface area (Å²) in [6, 6.07) is -2.88. The van der Waals surface area contributed by atoms with Gasteiger partial charge in [-0.05, 0) is 6.92 Å². The van der Waals surface area contributed by atoms with Crippen molar-refractivity contribution < 1.29 is 42.9 Å². The number of esters is 3. The van der Waals surface area contributed by atoms with Gasteiger partial charge in [0.1, 0.15) is 18.2 Å². The van der Waals surface area contributed by atoms with Gasteiger partial charge >= 0.3 is 24.0 Å². The second-order valence-corrected chi connectivity index (χ2v) is 7.36. The maximum atomic E-state index is 12.6. The summed E-state index contributed by atoms with van der Waals surface area (Å²) in [6.07, 6.45) is -2.41. The Morgan fingerprint density at radius 3 is 2.38 bits per heavy atom. The van der Waals surface area contributed by atoms with E-state index in [2.05, 4.69) is 5.32 Å². The monoisotopic (exact) mass is 412 g/mol. The first kappa shape index (κ1) is 21.0. The largest absolute Gasteiger partial charge is 0.465 e. The molecular weight excluding hydrogens is 388 g/mol. The molecule has 1 N–H and O–H groups in total. The van der Waals surface area contributed by atoms with Crippen LogP contribution in [0.25, 0.3) is 0 Å². The van der Waals surface area contributed by atoms with E-state index >= 15 is 0 Å². The van der Waals surface area contributed by atoms with Crippen LogP contribution < -0.4 is 5.32 Å². The van der Waals surface area contributed by atoms with Crippen molar-refractivity contribution in [3.05, 3.63) is 0 Å². The zero-order valence-electron chi connectivity index (χ0n) is 16.6. The predicted octanol–water partition coefficient (Wildman–Crippen LogP) is -0.347. The molecule has 29 heavy (non-hydrogen) atoms. The average Bonchev–Trinajstić information content (AvgIpc) is 2.86. The van der Waals surface area contributed by atoms with Crippen LogP contribution in [0.2, 0.25) is 0 Å². The van der Waals surface area contributed by atoms with Crippen LogP contribution in [0.3, 0.4) is 0 Å². The Kier molecular flexibility index (Phi) is 5.52. The molecule has 11 nitrogen and oxygen atoms in total. The number of imide groups is 1. The highest BCUT2D eigenvalue weighted by atomic mass is 16.6. The highest BCUT2D eigenvalue weighted by Crippen LogP contribution is 2.48. The van der Waals surface area contributed by atoms with E-state index in [4.69, 9.17) is 18.9 Å². The summed E-state index contributed by atoms with van der Waals surface area (Å²) in [7, 11) is 0. The first-order valence-corrected chi connectivity index (χ1v) is 9.40. The van der Waals surface area contributed by atoms with E-state index in [9.17, 15) is 24.0 Å². The number of nitrogens with one attached hydrogen (secondary N) is 1. The minimum absolute atomic E-state index is 0.0290. The van der Waals surface area contributed by atoms with Gasteiger partial charge in [0.2, 0.25) is 5.91 Å². The Bertz CT molecular complexity index is 754. The highest BCUT2D eigenvalue weighted by molar-refractivity contribution is 5.95. The van der Waals surface area contributed by atoms with Crippen LogP contribution in [0.1, 0.15) is 40.5 Å². The van der Waals surface area contributed by atoms with E-state index in [1.807, 2.05) is 0 Å². The second kappa shape index (κ2) is 7.62. The van der Waals surface area contributed by atoms with Gasteiger partial charge in [0.05, 0.1) is 12.6 Å². The van der Waals surface area contributed by atoms with Crippen molar-refractivity contribution in [2.45, 2.75) is 76.5 Å². The Hall–Kier alpha value is -2.69. The number of hydrogen-bond acceptors (Lipinski definition) is 10. The maximum Gasteiger partial charge on any atom is 0.417 e. The molecule has 2 heterocycles. The maximum absolute atomic E-state index is 12.6. The molecule has 3 fully saturated rings. The normalized spacial score (nSPS) is 35.2. The third-order valence-electron chi connectivity index (χ3n) is 5.38. The Balaban J connectivity index is 2.10. The van der Waals surface area contributed by atoms with E-state index in [1.54, 1.807) is 6.92 Å². The number of ether oxygens (including phenoxy) is 4. The lowest BCUT2D eigenvalue weighted by molar-refractivity contribution is -0.204. The van der Waals surface area contributed by atoms with E-state index in [0.29, 0.717) is 0 Å². The van der Waals surface area contributed by atoms with Crippen LogP contribution in [-0.2, 0) is 38.1 Å². The lowest BCUT2D eigenvalue weighted by Gasteiger charge is -2.54. The van der Waals surface area contributed by atoms with Gasteiger partial charge in [-0.3, -0.25) is 24.5 Å². The molecular formula is C18H24N2O9. The number of rotatable bonds is 4. The zero-order chi connectivity index (χ0) is 21.5. The van der Waals surface area contributed by atoms with Crippen LogP contribution in [0.15, 0.2) is 0 Å². The van der Waals surface area contributed by atoms with Crippen LogP contribution >= 0.6 is 0 Å². The molecule has 11 heteroatoms. The number of fused-ring (bicyclic) bond motifs is 1. The smallest absolute Gasteiger partial charge is 0.417 e. The van der Waals surface area contributed by atoms with Crippen LogP contribution in [0.4, 0.5) is 4.79 Å². The molecule has 1 aliphatic carbocycles. The van der Waals surface area contributed by atoms with Gasteiger partial charge in [-0.25, -0.2) is 9.69 Å². The van der Waals surface area contributed by atoms with Gasteiger partial charge in [-0.1, -0.05) is 0 Å². The Morgan fingerprint density at radius 1 is 1.17 bits per heavy atom. The number of carbonyl (C=O) groups excluding carboxylic acids is 5. The number of piperidine rings is 1. The molecule has 160 valence electrons. The van der Waals surface area contributed by atoms with Crippen molar-refractivity contribution in [1.82, 2.24) is 10.2 Å². The summed E-state index contributed by atoms with van der Waals surface area (Å²) < 4.78 is 21.6. The predicted molar refractivity (Wildman–Crippen MR) is 93.2 cm³/mol. The van der Waals surface area contributed by atoms with Crippen molar-refractivity contribution in [2.75, 3.05) is 6.61 Å². The standard InChI is InChI=1S/C18H24N2O9/c1-5-26-16(24)13-14-18(29-17(25)20(14)8(2)21)7-11(27-9(3)22)6-12(19-13)15(18)28-10(4)23/h11-15,19H,5-7H2,1-4H3/t11-,12-,13-,14+,15+,18+/m1/s1. The van der Waals surface area contributed by atoms with Gasteiger partial charge in [0.15, 0.2) is 11.7 Å². The molecule has 2 amide bonds. The quantitative estimate of drug-likeness (QED) is 0.482. The van der Waals surface area contributed by atoms with Gasteiger partial charge in [0, 0.05) is 33.6 Å². The average molecular weight is 412 g/mol. The summed E-state index contributed by atoms with van der Waals surface area (Å²) >= 11 is 0. The molecule has 3 aliphatic rings. The third kappa shape index (κ3) is 3.54. The molecule has 2 bridgehead atoms. The first-order chi connectivity index (χ1) is 13.6. The first-order valence-electron chi connectivity index (χ1n) is 9.40. The number of carbonyl (C=O) groups is 5. The van der Waals surface area contributed by atoms with Crippen molar-refractivity contribution in [3.8, 4) is 0 Å². The number of hydrogen-bond donors (Lipinski definition) is 1. The summed E-state index contributed by atoms with van der Waals surface area (Å²) in [5, 5.41) is 3.03. The fourth-order valence-corrected chi connectivity index (χ4v) is 4.64. The second-order valence-electron chi connectivity index (χ2n) is 7.36. The lowest BCUT2D eigenvalue weighted by Crippen LogP contribution is -2.78.